The zero-order valence-corrected chi connectivity index (χ0v) is 11.8. The zero-order valence-electron chi connectivity index (χ0n) is 11.8. The second-order valence-corrected chi connectivity index (χ2v) is 4.62. The second-order valence-electron chi connectivity index (χ2n) is 4.62. The predicted molar refractivity (Wildman–Crippen MR) is 78.4 cm³/mol. The Balaban J connectivity index is 1.92. The second kappa shape index (κ2) is 6.17. The molecule has 2 aromatic rings. The number of oxime groups is 1. The molecule has 0 atom stereocenters. The molecule has 8 nitrogen and oxygen atoms in total. The van der Waals surface area contributed by atoms with Crippen molar-refractivity contribution < 1.29 is 14.3 Å². The number of rotatable bonds is 3. The van der Waals surface area contributed by atoms with Gasteiger partial charge in [0.05, 0.1) is 5.69 Å². The van der Waals surface area contributed by atoms with Gasteiger partial charge < -0.3 is 4.84 Å². The van der Waals surface area contributed by atoms with E-state index in [1.165, 1.54) is 6.92 Å². The summed E-state index contributed by atoms with van der Waals surface area (Å²) in [5.74, 6) is -0.494. The highest BCUT2D eigenvalue weighted by atomic mass is 16.7. The number of carbonyl (C=O) groups excluding carboxylic acids is 1. The van der Waals surface area contributed by atoms with E-state index in [1.807, 2.05) is 30.3 Å². The molecular formula is C14H13N5O3. The highest BCUT2D eigenvalue weighted by molar-refractivity contribution is 6.48. The molecule has 0 amide bonds. The fourth-order valence-corrected chi connectivity index (χ4v) is 2.00. The highest BCUT2D eigenvalue weighted by Crippen LogP contribution is 2.18. The molecule has 1 aromatic carbocycles. The predicted octanol–water partition coefficient (Wildman–Crippen LogP) is 1.75. The quantitative estimate of drug-likeness (QED) is 0.684. The smallest absolute Gasteiger partial charge is 0.318 e. The van der Waals surface area contributed by atoms with Crippen LogP contribution in [0.1, 0.15) is 24.7 Å². The molecule has 1 heterocycles. The lowest BCUT2D eigenvalue weighted by Crippen LogP contribution is -2.25. The van der Waals surface area contributed by atoms with Gasteiger partial charge in [-0.2, -0.15) is 5.10 Å². The Morgan fingerprint density at radius 1 is 1.27 bits per heavy atom. The van der Waals surface area contributed by atoms with Crippen molar-refractivity contribution in [2.24, 2.45) is 10.3 Å². The molecule has 3 rings (SSSR count). The van der Waals surface area contributed by atoms with E-state index in [0.717, 1.165) is 5.69 Å². The van der Waals surface area contributed by atoms with Crippen molar-refractivity contribution in [3.8, 4) is 0 Å². The van der Waals surface area contributed by atoms with Crippen LogP contribution in [0.15, 0.2) is 45.2 Å². The van der Waals surface area contributed by atoms with Crippen LogP contribution in [0.3, 0.4) is 0 Å². The van der Waals surface area contributed by atoms with Crippen LogP contribution >= 0.6 is 0 Å². The lowest BCUT2D eigenvalue weighted by Gasteiger charge is -2.12. The van der Waals surface area contributed by atoms with Crippen LogP contribution in [0.25, 0.3) is 0 Å². The number of hydrazone groups is 1. The summed E-state index contributed by atoms with van der Waals surface area (Å²) < 4.78 is 4.75. The molecule has 0 unspecified atom stereocenters. The molecule has 0 saturated heterocycles. The van der Waals surface area contributed by atoms with Crippen LogP contribution in [0, 0.1) is 0 Å². The summed E-state index contributed by atoms with van der Waals surface area (Å²) >= 11 is 0. The van der Waals surface area contributed by atoms with Crippen molar-refractivity contribution in [1.82, 2.24) is 10.3 Å². The fourth-order valence-electron chi connectivity index (χ4n) is 2.00. The van der Waals surface area contributed by atoms with Gasteiger partial charge in [-0.25, -0.2) is 9.42 Å². The number of anilines is 1. The fraction of sp³-hybridized carbons (Fsp3) is 0.214. The minimum absolute atomic E-state index is 0.451. The molecule has 1 N–H and O–H groups in total. The molecule has 112 valence electrons. The minimum atomic E-state index is -0.494. The van der Waals surface area contributed by atoms with E-state index in [1.54, 1.807) is 0 Å². The van der Waals surface area contributed by atoms with E-state index in [0.29, 0.717) is 35.7 Å². The number of carbonyl (C=O) groups is 1. The van der Waals surface area contributed by atoms with Gasteiger partial charge in [-0.3, -0.25) is 5.43 Å². The van der Waals surface area contributed by atoms with E-state index in [4.69, 9.17) is 9.47 Å². The van der Waals surface area contributed by atoms with E-state index in [9.17, 15) is 4.79 Å². The lowest BCUT2D eigenvalue weighted by atomic mass is 9.97. The third-order valence-electron chi connectivity index (χ3n) is 3.01. The molecule has 0 radical (unpaired) electrons. The number of nitrogens with one attached hydrogen (secondary N) is 1. The highest BCUT2D eigenvalue weighted by Gasteiger charge is 2.27. The molecule has 0 spiro atoms. The Morgan fingerprint density at radius 2 is 2.09 bits per heavy atom. The van der Waals surface area contributed by atoms with Gasteiger partial charge in [0.25, 0.3) is 0 Å². The summed E-state index contributed by atoms with van der Waals surface area (Å²) in [4.78, 5) is 15.7. The molecule has 1 aromatic heterocycles. The number of hydrogen-bond donors (Lipinski definition) is 1. The van der Waals surface area contributed by atoms with Crippen molar-refractivity contribution in [1.29, 1.82) is 0 Å². The number of para-hydroxylation sites is 1. The first-order valence-corrected chi connectivity index (χ1v) is 6.69. The molecular weight excluding hydrogens is 286 g/mol. The van der Waals surface area contributed by atoms with Crippen molar-refractivity contribution in [3.63, 3.8) is 0 Å². The molecule has 0 aliphatic heterocycles. The van der Waals surface area contributed by atoms with Crippen LogP contribution in [0.4, 0.5) is 5.69 Å². The summed E-state index contributed by atoms with van der Waals surface area (Å²) in [5.41, 5.74) is 5.90. The first kappa shape index (κ1) is 13.9. The first-order valence-electron chi connectivity index (χ1n) is 6.69. The number of aryl methyl sites for hydroxylation is 1. The van der Waals surface area contributed by atoms with E-state index in [2.05, 4.69) is 26.0 Å². The molecule has 1 aliphatic rings. The van der Waals surface area contributed by atoms with Crippen LogP contribution in [-0.2, 0) is 16.1 Å². The average molecular weight is 299 g/mol. The molecule has 0 saturated carbocycles. The van der Waals surface area contributed by atoms with Gasteiger partial charge in [0.2, 0.25) is 0 Å². The SMILES string of the molecule is CC(=O)O/N=C1\CCc2nonc2\C1=N\Nc1ccccc1. The normalized spacial score (nSPS) is 17.3. The van der Waals surface area contributed by atoms with Crippen LogP contribution < -0.4 is 5.43 Å². The molecule has 1 aliphatic carbocycles. The minimum Gasteiger partial charge on any atom is -0.318 e. The number of benzene rings is 1. The van der Waals surface area contributed by atoms with Crippen molar-refractivity contribution in [2.45, 2.75) is 19.8 Å². The number of fused-ring (bicyclic) bond motifs is 1. The summed E-state index contributed by atoms with van der Waals surface area (Å²) in [7, 11) is 0. The van der Waals surface area contributed by atoms with E-state index in [-0.39, 0.29) is 0 Å². The van der Waals surface area contributed by atoms with Crippen LogP contribution in [-0.4, -0.2) is 27.7 Å². The third kappa shape index (κ3) is 3.00. The Hall–Kier alpha value is -3.03. The molecule has 0 bridgehead atoms. The summed E-state index contributed by atoms with van der Waals surface area (Å²) in [5, 5.41) is 15.8. The van der Waals surface area contributed by atoms with E-state index >= 15 is 0 Å². The van der Waals surface area contributed by atoms with Gasteiger partial charge in [0, 0.05) is 19.8 Å². The maximum atomic E-state index is 10.9. The number of nitrogens with zero attached hydrogens (tertiary/aromatic N) is 4. The van der Waals surface area contributed by atoms with Crippen LogP contribution in [0.2, 0.25) is 0 Å². The third-order valence-corrected chi connectivity index (χ3v) is 3.01. The van der Waals surface area contributed by atoms with Crippen molar-refractivity contribution in [3.05, 3.63) is 41.7 Å². The van der Waals surface area contributed by atoms with Gasteiger partial charge in [0.1, 0.15) is 17.1 Å². The Kier molecular flexibility index (Phi) is 3.90. The topological polar surface area (TPSA) is 102 Å². The Labute approximate surface area is 125 Å². The van der Waals surface area contributed by atoms with Gasteiger partial charge in [-0.05, 0) is 17.3 Å². The van der Waals surface area contributed by atoms with Crippen molar-refractivity contribution >= 4 is 23.1 Å². The summed E-state index contributed by atoms with van der Waals surface area (Å²) in [6, 6.07) is 9.43. The number of aromatic nitrogens is 2. The zero-order chi connectivity index (χ0) is 15.4. The maximum Gasteiger partial charge on any atom is 0.331 e. The Morgan fingerprint density at radius 3 is 2.86 bits per heavy atom. The summed E-state index contributed by atoms with van der Waals surface area (Å²) in [6.45, 7) is 1.29. The molecule has 22 heavy (non-hydrogen) atoms. The molecule has 8 heteroatoms. The van der Waals surface area contributed by atoms with Gasteiger partial charge >= 0.3 is 5.97 Å². The average Bonchev–Trinajstić information content (AvgIpc) is 3.00. The first-order chi connectivity index (χ1) is 10.7. The van der Waals surface area contributed by atoms with Gasteiger partial charge in [-0.1, -0.05) is 28.5 Å². The maximum absolute atomic E-state index is 10.9. The number of hydrogen-bond acceptors (Lipinski definition) is 8. The van der Waals surface area contributed by atoms with Gasteiger partial charge in [-0.15, -0.1) is 0 Å². The Bertz CT molecular complexity index is 736. The standard InChI is InChI=1S/C14H13N5O3/c1-9(20)21-17-11-7-8-12-14(19-22-18-12)13(11)16-15-10-5-3-2-4-6-10/h2-6,15H,7-8H2,1H3/b16-13+,17-11+. The largest absolute Gasteiger partial charge is 0.331 e. The molecule has 0 fully saturated rings. The summed E-state index contributed by atoms with van der Waals surface area (Å²) in [6.07, 6.45) is 1.13. The van der Waals surface area contributed by atoms with Gasteiger partial charge in [0.15, 0.2) is 5.69 Å². The van der Waals surface area contributed by atoms with E-state index < -0.39 is 5.97 Å². The monoisotopic (exact) mass is 299 g/mol. The van der Waals surface area contributed by atoms with Crippen LogP contribution in [0.5, 0.6) is 0 Å². The van der Waals surface area contributed by atoms with Crippen molar-refractivity contribution in [2.75, 3.05) is 5.43 Å². The lowest BCUT2D eigenvalue weighted by molar-refractivity contribution is -0.140.